The average molecular weight is 423 g/mol. The van der Waals surface area contributed by atoms with Crippen molar-refractivity contribution in [2.75, 3.05) is 22.0 Å². The van der Waals surface area contributed by atoms with E-state index in [0.717, 1.165) is 4.31 Å². The number of amides is 2. The summed E-state index contributed by atoms with van der Waals surface area (Å²) < 4.78 is 26.8. The fraction of sp³-hybridized carbons (Fsp3) is 0.0909. The topological polar surface area (TPSA) is 95.6 Å². The Morgan fingerprint density at radius 3 is 2.00 bits per heavy atom. The number of anilines is 3. The van der Waals surface area contributed by atoms with Crippen LogP contribution in [0.1, 0.15) is 17.3 Å². The van der Waals surface area contributed by atoms with E-state index in [0.29, 0.717) is 22.6 Å². The number of nitrogens with zero attached hydrogens (tertiary/aromatic N) is 1. The minimum Gasteiger partial charge on any atom is -0.326 e. The van der Waals surface area contributed by atoms with Crippen LogP contribution in [-0.2, 0) is 14.8 Å². The SMILES string of the molecule is CC(=O)Nc1ccc(NC(=O)c2cccc(N(C)S(=O)(=O)c3ccccc3)c2)cc1. The van der Waals surface area contributed by atoms with E-state index < -0.39 is 10.0 Å². The molecule has 3 rings (SSSR count). The van der Waals surface area contributed by atoms with Gasteiger partial charge in [-0.25, -0.2) is 8.42 Å². The molecule has 0 saturated heterocycles. The summed E-state index contributed by atoms with van der Waals surface area (Å²) in [5.41, 5.74) is 1.85. The van der Waals surface area contributed by atoms with Gasteiger partial charge in [0, 0.05) is 30.9 Å². The van der Waals surface area contributed by atoms with E-state index in [1.54, 1.807) is 60.7 Å². The summed E-state index contributed by atoms with van der Waals surface area (Å²) in [5.74, 6) is -0.562. The van der Waals surface area contributed by atoms with Crippen LogP contribution in [0.2, 0.25) is 0 Å². The van der Waals surface area contributed by atoms with Gasteiger partial charge in [-0.1, -0.05) is 24.3 Å². The van der Waals surface area contributed by atoms with Gasteiger partial charge >= 0.3 is 0 Å². The van der Waals surface area contributed by atoms with E-state index in [1.165, 1.54) is 32.2 Å². The lowest BCUT2D eigenvalue weighted by molar-refractivity contribution is -0.114. The molecule has 154 valence electrons. The van der Waals surface area contributed by atoms with E-state index in [2.05, 4.69) is 10.6 Å². The Hall–Kier alpha value is -3.65. The molecule has 0 atom stereocenters. The van der Waals surface area contributed by atoms with Crippen LogP contribution in [-0.4, -0.2) is 27.3 Å². The van der Waals surface area contributed by atoms with Crippen molar-refractivity contribution in [2.24, 2.45) is 0 Å². The lowest BCUT2D eigenvalue weighted by atomic mass is 10.2. The van der Waals surface area contributed by atoms with Gasteiger partial charge in [0.25, 0.3) is 15.9 Å². The van der Waals surface area contributed by atoms with Gasteiger partial charge in [-0.3, -0.25) is 13.9 Å². The Morgan fingerprint density at radius 1 is 0.800 bits per heavy atom. The highest BCUT2D eigenvalue weighted by molar-refractivity contribution is 7.92. The molecule has 0 bridgehead atoms. The van der Waals surface area contributed by atoms with Crippen LogP contribution < -0.4 is 14.9 Å². The Morgan fingerprint density at radius 2 is 1.40 bits per heavy atom. The fourth-order valence-electron chi connectivity index (χ4n) is 2.78. The van der Waals surface area contributed by atoms with E-state index in [1.807, 2.05) is 0 Å². The molecule has 0 unspecified atom stereocenters. The molecule has 30 heavy (non-hydrogen) atoms. The Bertz CT molecular complexity index is 1160. The maximum atomic E-state index is 12.8. The summed E-state index contributed by atoms with van der Waals surface area (Å²) in [6.07, 6.45) is 0. The lowest BCUT2D eigenvalue weighted by Gasteiger charge is -2.20. The minimum atomic E-state index is -3.74. The molecule has 0 aromatic heterocycles. The monoisotopic (exact) mass is 423 g/mol. The first-order valence-electron chi connectivity index (χ1n) is 9.10. The first-order chi connectivity index (χ1) is 14.3. The van der Waals surface area contributed by atoms with Crippen molar-refractivity contribution in [3.05, 3.63) is 84.4 Å². The number of hydrogen-bond acceptors (Lipinski definition) is 4. The van der Waals surface area contributed by atoms with Gasteiger partial charge < -0.3 is 10.6 Å². The quantitative estimate of drug-likeness (QED) is 0.632. The smallest absolute Gasteiger partial charge is 0.264 e. The molecule has 0 aliphatic heterocycles. The fourth-order valence-corrected chi connectivity index (χ4v) is 3.98. The molecule has 0 fully saturated rings. The highest BCUT2D eigenvalue weighted by Crippen LogP contribution is 2.23. The van der Waals surface area contributed by atoms with E-state index >= 15 is 0 Å². The average Bonchev–Trinajstić information content (AvgIpc) is 2.75. The molecule has 0 saturated carbocycles. The van der Waals surface area contributed by atoms with Gasteiger partial charge in [-0.2, -0.15) is 0 Å². The first-order valence-corrected chi connectivity index (χ1v) is 10.5. The first kappa shape index (κ1) is 21.1. The molecule has 0 aliphatic carbocycles. The number of rotatable bonds is 6. The third-order valence-electron chi connectivity index (χ3n) is 4.34. The van der Waals surface area contributed by atoms with Crippen LogP contribution in [0, 0.1) is 0 Å². The highest BCUT2D eigenvalue weighted by Gasteiger charge is 2.21. The molecule has 3 aromatic rings. The number of sulfonamides is 1. The van der Waals surface area contributed by atoms with Gasteiger partial charge in [0.15, 0.2) is 0 Å². The number of carbonyl (C=O) groups is 2. The molecule has 0 heterocycles. The Balaban J connectivity index is 1.77. The number of hydrogen-bond donors (Lipinski definition) is 2. The number of benzene rings is 3. The van der Waals surface area contributed by atoms with Crippen LogP contribution in [0.15, 0.2) is 83.8 Å². The van der Waals surface area contributed by atoms with E-state index in [9.17, 15) is 18.0 Å². The predicted octanol–water partition coefficient (Wildman–Crippen LogP) is 3.72. The molecule has 2 amide bonds. The zero-order valence-corrected chi connectivity index (χ0v) is 17.3. The Kier molecular flexibility index (Phi) is 6.17. The second-order valence-electron chi connectivity index (χ2n) is 6.55. The summed E-state index contributed by atoms with van der Waals surface area (Å²) in [4.78, 5) is 23.9. The standard InChI is InChI=1S/C22H21N3O4S/c1-16(26)23-18-11-13-19(14-12-18)24-22(27)17-7-6-8-20(15-17)25(2)30(28,29)21-9-4-3-5-10-21/h3-15H,1-2H3,(H,23,26)(H,24,27). The summed E-state index contributed by atoms with van der Waals surface area (Å²) >= 11 is 0. The van der Waals surface area contributed by atoms with Gasteiger partial charge in [-0.05, 0) is 54.6 Å². The summed E-state index contributed by atoms with van der Waals surface area (Å²) in [6, 6.07) is 21.1. The molecule has 3 aromatic carbocycles. The summed E-state index contributed by atoms with van der Waals surface area (Å²) in [7, 11) is -2.30. The molecule has 7 nitrogen and oxygen atoms in total. The normalized spacial score (nSPS) is 10.9. The second kappa shape index (κ2) is 8.79. The van der Waals surface area contributed by atoms with Crippen molar-refractivity contribution in [2.45, 2.75) is 11.8 Å². The maximum Gasteiger partial charge on any atom is 0.264 e. The van der Waals surface area contributed by atoms with Gasteiger partial charge in [0.2, 0.25) is 5.91 Å². The highest BCUT2D eigenvalue weighted by atomic mass is 32.2. The Labute approximate surface area is 175 Å². The van der Waals surface area contributed by atoms with Crippen LogP contribution in [0.25, 0.3) is 0 Å². The van der Waals surface area contributed by atoms with Crippen molar-refractivity contribution >= 4 is 38.9 Å². The van der Waals surface area contributed by atoms with Crippen molar-refractivity contribution in [1.29, 1.82) is 0 Å². The van der Waals surface area contributed by atoms with Crippen LogP contribution >= 0.6 is 0 Å². The predicted molar refractivity (Wildman–Crippen MR) is 117 cm³/mol. The molecule has 0 aliphatic rings. The van der Waals surface area contributed by atoms with Crippen molar-refractivity contribution in [1.82, 2.24) is 0 Å². The van der Waals surface area contributed by atoms with Gasteiger partial charge in [0.1, 0.15) is 0 Å². The molecule has 0 spiro atoms. The summed E-state index contributed by atoms with van der Waals surface area (Å²) in [6.45, 7) is 1.41. The van der Waals surface area contributed by atoms with Gasteiger partial charge in [-0.15, -0.1) is 0 Å². The largest absolute Gasteiger partial charge is 0.326 e. The second-order valence-corrected chi connectivity index (χ2v) is 8.52. The number of nitrogens with one attached hydrogen (secondary N) is 2. The third kappa shape index (κ3) is 4.84. The molecular weight excluding hydrogens is 402 g/mol. The third-order valence-corrected chi connectivity index (χ3v) is 6.14. The zero-order valence-electron chi connectivity index (χ0n) is 16.5. The number of carbonyl (C=O) groups excluding carboxylic acids is 2. The van der Waals surface area contributed by atoms with Crippen LogP contribution in [0.5, 0.6) is 0 Å². The minimum absolute atomic E-state index is 0.168. The van der Waals surface area contributed by atoms with E-state index in [4.69, 9.17) is 0 Å². The molecule has 8 heteroatoms. The molecule has 0 radical (unpaired) electrons. The zero-order chi connectivity index (χ0) is 21.7. The van der Waals surface area contributed by atoms with Crippen molar-refractivity contribution < 1.29 is 18.0 Å². The molecule has 2 N–H and O–H groups in total. The van der Waals surface area contributed by atoms with Crippen LogP contribution in [0.4, 0.5) is 17.1 Å². The maximum absolute atomic E-state index is 12.8. The summed E-state index contributed by atoms with van der Waals surface area (Å²) in [5, 5.41) is 5.41. The van der Waals surface area contributed by atoms with Gasteiger partial charge in [0.05, 0.1) is 10.6 Å². The lowest BCUT2D eigenvalue weighted by Crippen LogP contribution is -2.26. The van der Waals surface area contributed by atoms with E-state index in [-0.39, 0.29) is 16.7 Å². The van der Waals surface area contributed by atoms with Crippen LogP contribution in [0.3, 0.4) is 0 Å². The van der Waals surface area contributed by atoms with Crippen molar-refractivity contribution in [3.63, 3.8) is 0 Å². The molecular formula is C22H21N3O4S. The van der Waals surface area contributed by atoms with Crippen molar-refractivity contribution in [3.8, 4) is 0 Å².